The molecule has 0 aliphatic heterocycles. The van der Waals surface area contributed by atoms with Gasteiger partial charge in [-0.1, -0.05) is 44.2 Å². The highest BCUT2D eigenvalue weighted by atomic mass is 32.2. The average Bonchev–Trinajstić information content (AvgIpc) is 3.40. The van der Waals surface area contributed by atoms with Crippen LogP contribution in [0.1, 0.15) is 50.8 Å². The summed E-state index contributed by atoms with van der Waals surface area (Å²) in [6.45, 7) is 6.58. The van der Waals surface area contributed by atoms with Crippen molar-refractivity contribution in [1.29, 1.82) is 0 Å². The van der Waals surface area contributed by atoms with Gasteiger partial charge in [0.2, 0.25) is 11.8 Å². The van der Waals surface area contributed by atoms with Crippen molar-refractivity contribution in [3.05, 3.63) is 53.9 Å². The quantitative estimate of drug-likeness (QED) is 0.281. The summed E-state index contributed by atoms with van der Waals surface area (Å²) in [6, 6.07) is 7.18. The molecule has 0 saturated heterocycles. The average molecular weight is 490 g/mol. The molecule has 33 heavy (non-hydrogen) atoms. The summed E-state index contributed by atoms with van der Waals surface area (Å²) in [7, 11) is 0. The predicted molar refractivity (Wildman–Crippen MR) is 128 cm³/mol. The Balaban J connectivity index is 1.43. The van der Waals surface area contributed by atoms with Gasteiger partial charge in [-0.15, -0.1) is 11.8 Å². The molecule has 8 nitrogen and oxygen atoms in total. The van der Waals surface area contributed by atoms with Gasteiger partial charge >= 0.3 is 5.97 Å². The highest BCUT2D eigenvalue weighted by Crippen LogP contribution is 2.31. The van der Waals surface area contributed by atoms with Gasteiger partial charge in [0.25, 0.3) is 0 Å². The zero-order valence-corrected chi connectivity index (χ0v) is 20.4. The smallest absolute Gasteiger partial charge is 0.303 e. The number of nitrogens with zero attached hydrogens (tertiary/aromatic N) is 2. The topological polar surface area (TPSA) is 115 Å². The van der Waals surface area contributed by atoms with Crippen molar-refractivity contribution in [3.8, 4) is 5.75 Å². The van der Waals surface area contributed by atoms with Crippen molar-refractivity contribution in [2.75, 3.05) is 11.9 Å². The lowest BCUT2D eigenvalue weighted by Crippen LogP contribution is -2.14. The van der Waals surface area contributed by atoms with Crippen LogP contribution in [0, 0.1) is 0 Å². The minimum Gasteiger partial charge on any atom is -0.494 e. The zero-order chi connectivity index (χ0) is 23.8. The van der Waals surface area contributed by atoms with Crippen molar-refractivity contribution in [2.45, 2.75) is 55.4 Å². The van der Waals surface area contributed by atoms with Crippen LogP contribution < -0.4 is 10.1 Å². The Kier molecular flexibility index (Phi) is 8.51. The van der Waals surface area contributed by atoms with Crippen molar-refractivity contribution < 1.29 is 23.8 Å². The maximum Gasteiger partial charge on any atom is 0.303 e. The highest BCUT2D eigenvalue weighted by molar-refractivity contribution is 8.00. The third-order valence-corrected chi connectivity index (χ3v) is 6.55. The normalized spacial score (nSPS) is 11.4. The molecule has 2 N–H and O–H groups in total. The van der Waals surface area contributed by atoms with E-state index in [0.717, 1.165) is 15.5 Å². The van der Waals surface area contributed by atoms with E-state index in [2.05, 4.69) is 36.1 Å². The second kappa shape index (κ2) is 11.3. The standard InChI is InChI=1S/C23H27N3O5S2/c1-23(2,3)17-12-24-19(31-17)14-32-21-13-25-22(33-21)26-18(27)11-15-6-8-16(9-7-15)30-10-4-5-20(28)29/h6-9,12-13H,4-5,10-11,14H2,1-3H3,(H,28,29)(H,25,26,27). The molecule has 0 aliphatic carbocycles. The summed E-state index contributed by atoms with van der Waals surface area (Å²) in [5, 5.41) is 12.0. The van der Waals surface area contributed by atoms with Crippen LogP contribution in [0.15, 0.2) is 45.3 Å². The lowest BCUT2D eigenvalue weighted by molar-refractivity contribution is -0.137. The molecular formula is C23H27N3O5S2. The van der Waals surface area contributed by atoms with Gasteiger partial charge in [-0.05, 0) is 24.1 Å². The predicted octanol–water partition coefficient (Wildman–Crippen LogP) is 5.15. The molecule has 0 fully saturated rings. The molecule has 2 heterocycles. The summed E-state index contributed by atoms with van der Waals surface area (Å²) in [6.07, 6.45) is 4.24. The van der Waals surface area contributed by atoms with E-state index < -0.39 is 5.97 Å². The first-order chi connectivity index (χ1) is 15.7. The number of anilines is 1. The zero-order valence-electron chi connectivity index (χ0n) is 18.8. The molecule has 10 heteroatoms. The number of carboxylic acid groups (broad SMARTS) is 1. The van der Waals surface area contributed by atoms with Crippen LogP contribution in [0.3, 0.4) is 0 Å². The first kappa shape index (κ1) is 24.8. The number of hydrogen-bond donors (Lipinski definition) is 2. The van der Waals surface area contributed by atoms with Crippen LogP contribution in [0.5, 0.6) is 5.75 Å². The molecule has 0 bridgehead atoms. The van der Waals surface area contributed by atoms with E-state index in [0.29, 0.717) is 35.6 Å². The Labute approximate surface area is 200 Å². The fourth-order valence-corrected chi connectivity index (χ4v) is 4.45. The number of nitrogens with one attached hydrogen (secondary N) is 1. The van der Waals surface area contributed by atoms with E-state index in [9.17, 15) is 9.59 Å². The van der Waals surface area contributed by atoms with E-state index in [-0.39, 0.29) is 24.2 Å². The van der Waals surface area contributed by atoms with Gasteiger partial charge in [-0.3, -0.25) is 9.59 Å². The number of rotatable bonds is 11. The first-order valence-electron chi connectivity index (χ1n) is 10.5. The third-order valence-electron chi connectivity index (χ3n) is 4.45. The summed E-state index contributed by atoms with van der Waals surface area (Å²) in [4.78, 5) is 31.5. The lowest BCUT2D eigenvalue weighted by Gasteiger charge is -2.12. The Hall–Kier alpha value is -2.85. The number of oxazole rings is 1. The largest absolute Gasteiger partial charge is 0.494 e. The number of benzene rings is 1. The summed E-state index contributed by atoms with van der Waals surface area (Å²) in [5.41, 5.74) is 0.766. The number of carbonyl (C=O) groups excluding carboxylic acids is 1. The number of hydrogen-bond acceptors (Lipinski definition) is 8. The van der Waals surface area contributed by atoms with Crippen LogP contribution in [-0.2, 0) is 27.2 Å². The summed E-state index contributed by atoms with van der Waals surface area (Å²) in [5.74, 6) is 1.77. The fourth-order valence-electron chi connectivity index (χ4n) is 2.71. The molecular weight excluding hydrogens is 462 g/mol. The molecule has 176 valence electrons. The second-order valence-electron chi connectivity index (χ2n) is 8.36. The summed E-state index contributed by atoms with van der Waals surface area (Å²) >= 11 is 2.97. The number of carboxylic acids is 1. The van der Waals surface area contributed by atoms with Gasteiger partial charge < -0.3 is 19.6 Å². The Morgan fingerprint density at radius 1 is 1.18 bits per heavy atom. The van der Waals surface area contributed by atoms with E-state index in [1.165, 1.54) is 11.3 Å². The number of amides is 1. The van der Waals surface area contributed by atoms with Crippen molar-refractivity contribution in [1.82, 2.24) is 9.97 Å². The maximum absolute atomic E-state index is 12.4. The van der Waals surface area contributed by atoms with Crippen molar-refractivity contribution in [2.24, 2.45) is 0 Å². The number of thioether (sulfide) groups is 1. The highest BCUT2D eigenvalue weighted by Gasteiger charge is 2.19. The molecule has 0 saturated carbocycles. The van der Waals surface area contributed by atoms with Gasteiger partial charge in [0, 0.05) is 11.8 Å². The van der Waals surface area contributed by atoms with Crippen molar-refractivity contribution in [3.63, 3.8) is 0 Å². The van der Waals surface area contributed by atoms with Gasteiger partial charge in [0.15, 0.2) is 5.13 Å². The molecule has 0 spiro atoms. The molecule has 3 aromatic rings. The molecule has 0 atom stereocenters. The van der Waals surface area contributed by atoms with Crippen LogP contribution in [0.25, 0.3) is 0 Å². The van der Waals surface area contributed by atoms with Gasteiger partial charge in [0.1, 0.15) is 11.5 Å². The van der Waals surface area contributed by atoms with E-state index in [1.54, 1.807) is 36.3 Å². The molecule has 0 unspecified atom stereocenters. The van der Waals surface area contributed by atoms with Crippen LogP contribution in [0.4, 0.5) is 5.13 Å². The van der Waals surface area contributed by atoms with Gasteiger partial charge in [-0.2, -0.15) is 0 Å². The molecule has 0 radical (unpaired) electrons. The van der Waals surface area contributed by atoms with E-state index >= 15 is 0 Å². The first-order valence-corrected chi connectivity index (χ1v) is 12.3. The third kappa shape index (κ3) is 8.21. The molecule has 2 aromatic heterocycles. The molecule has 0 aliphatic rings. The fraction of sp³-hybridized carbons (Fsp3) is 0.391. The molecule has 1 amide bonds. The number of ether oxygens (including phenoxy) is 1. The Morgan fingerprint density at radius 2 is 1.94 bits per heavy atom. The summed E-state index contributed by atoms with van der Waals surface area (Å²) < 4.78 is 12.3. The number of aliphatic carboxylic acids is 1. The van der Waals surface area contributed by atoms with Crippen LogP contribution in [0.2, 0.25) is 0 Å². The van der Waals surface area contributed by atoms with Crippen LogP contribution in [-0.4, -0.2) is 33.6 Å². The molecule has 3 rings (SSSR count). The minimum absolute atomic E-state index is 0.0762. The SMILES string of the molecule is CC(C)(C)c1cnc(CSc2cnc(NC(=O)Cc3ccc(OCCCC(=O)O)cc3)s2)o1. The maximum atomic E-state index is 12.4. The second-order valence-corrected chi connectivity index (χ2v) is 10.7. The van der Waals surface area contributed by atoms with E-state index in [1.807, 2.05) is 12.1 Å². The lowest BCUT2D eigenvalue weighted by atomic mass is 9.94. The monoisotopic (exact) mass is 489 g/mol. The minimum atomic E-state index is -0.838. The number of aromatic nitrogens is 2. The van der Waals surface area contributed by atoms with Crippen LogP contribution >= 0.6 is 23.1 Å². The number of carbonyl (C=O) groups is 2. The van der Waals surface area contributed by atoms with Gasteiger partial charge in [0.05, 0.1) is 35.4 Å². The van der Waals surface area contributed by atoms with E-state index in [4.69, 9.17) is 14.3 Å². The number of thiazole rings is 1. The van der Waals surface area contributed by atoms with Crippen molar-refractivity contribution >= 4 is 40.1 Å². The Morgan fingerprint density at radius 3 is 2.61 bits per heavy atom. The molecule has 1 aromatic carbocycles. The van der Waals surface area contributed by atoms with Gasteiger partial charge in [-0.25, -0.2) is 9.97 Å². The Bertz CT molecular complexity index is 1070.